The molecule has 0 saturated carbocycles. The van der Waals surface area contributed by atoms with Crippen LogP contribution in [0.5, 0.6) is 0 Å². The van der Waals surface area contributed by atoms with Crippen LogP contribution in [0, 0.1) is 17.6 Å². The highest BCUT2D eigenvalue weighted by atomic mass is 32.2. The first kappa shape index (κ1) is 24.0. The molecule has 3 aromatic rings. The number of carbonyl (C=O) groups excluding carboxylic acids is 1. The van der Waals surface area contributed by atoms with Crippen molar-refractivity contribution in [3.63, 3.8) is 0 Å². The van der Waals surface area contributed by atoms with Crippen molar-refractivity contribution in [1.29, 1.82) is 0 Å². The molecule has 1 unspecified atom stereocenters. The number of halogens is 2. The minimum Gasteiger partial charge on any atom is -0.346 e. The molecule has 1 saturated heterocycles. The van der Waals surface area contributed by atoms with Gasteiger partial charge in [0.05, 0.1) is 17.9 Å². The van der Waals surface area contributed by atoms with Crippen molar-refractivity contribution < 1.29 is 22.0 Å². The van der Waals surface area contributed by atoms with E-state index >= 15 is 0 Å². The molecule has 0 radical (unpaired) electrons. The van der Waals surface area contributed by atoms with Gasteiger partial charge >= 0.3 is 0 Å². The minimum absolute atomic E-state index is 0.0477. The maximum Gasteiger partial charge on any atom is 0.246 e. The van der Waals surface area contributed by atoms with Crippen LogP contribution >= 0.6 is 0 Å². The van der Waals surface area contributed by atoms with Crippen molar-refractivity contribution in [3.8, 4) is 11.3 Å². The van der Waals surface area contributed by atoms with Gasteiger partial charge in [0.25, 0.3) is 0 Å². The summed E-state index contributed by atoms with van der Waals surface area (Å²) in [6, 6.07) is 11.8. The molecule has 7 nitrogen and oxygen atoms in total. The van der Waals surface area contributed by atoms with Gasteiger partial charge < -0.3 is 10.3 Å². The van der Waals surface area contributed by atoms with Gasteiger partial charge in [0.1, 0.15) is 22.4 Å². The van der Waals surface area contributed by atoms with Gasteiger partial charge in [0, 0.05) is 19.0 Å². The maximum atomic E-state index is 14.0. The second-order valence-electron chi connectivity index (χ2n) is 8.27. The van der Waals surface area contributed by atoms with Gasteiger partial charge in [-0.05, 0) is 43.0 Å². The number of hydrogen-bond acceptors (Lipinski definition) is 4. The van der Waals surface area contributed by atoms with Crippen molar-refractivity contribution in [2.75, 3.05) is 13.1 Å². The molecule has 4 rings (SSSR count). The highest BCUT2D eigenvalue weighted by molar-refractivity contribution is 7.89. The van der Waals surface area contributed by atoms with Crippen LogP contribution in [0.3, 0.4) is 0 Å². The third-order valence-corrected chi connectivity index (χ3v) is 7.98. The third kappa shape index (κ3) is 5.02. The molecular weight excluding hydrogens is 462 g/mol. The Balaban J connectivity index is 1.38. The molecule has 0 aliphatic carbocycles. The first-order valence-corrected chi connectivity index (χ1v) is 12.6. The Bertz CT molecular complexity index is 1260. The average Bonchev–Trinajstić information content (AvgIpc) is 3.34. The molecule has 1 fully saturated rings. The number of H-pyrrole nitrogens is 1. The Morgan fingerprint density at radius 2 is 1.88 bits per heavy atom. The Hall–Kier alpha value is -3.11. The van der Waals surface area contributed by atoms with E-state index in [9.17, 15) is 22.0 Å². The maximum absolute atomic E-state index is 14.0. The molecule has 0 spiro atoms. The number of carbonyl (C=O) groups is 1. The van der Waals surface area contributed by atoms with E-state index in [0.29, 0.717) is 18.3 Å². The zero-order valence-electron chi connectivity index (χ0n) is 18.7. The summed E-state index contributed by atoms with van der Waals surface area (Å²) in [5.41, 5.74) is 1.84. The number of imidazole rings is 1. The van der Waals surface area contributed by atoms with Crippen LogP contribution in [0.15, 0.2) is 59.6 Å². The molecular formula is C24H26F2N4O3S. The summed E-state index contributed by atoms with van der Waals surface area (Å²) in [4.78, 5) is 19.9. The largest absolute Gasteiger partial charge is 0.346 e. The number of amides is 1. The van der Waals surface area contributed by atoms with Gasteiger partial charge in [-0.3, -0.25) is 4.79 Å². The molecule has 1 aliphatic heterocycles. The quantitative estimate of drug-likeness (QED) is 0.525. The van der Waals surface area contributed by atoms with E-state index < -0.39 is 26.6 Å². The number of aromatic amines is 1. The highest BCUT2D eigenvalue weighted by Crippen LogP contribution is 2.27. The molecule has 180 valence electrons. The number of piperidine rings is 1. The Morgan fingerprint density at radius 1 is 1.18 bits per heavy atom. The van der Waals surface area contributed by atoms with Gasteiger partial charge in [-0.25, -0.2) is 22.2 Å². The lowest BCUT2D eigenvalue weighted by molar-refractivity contribution is -0.127. The van der Waals surface area contributed by atoms with E-state index in [2.05, 4.69) is 15.3 Å². The van der Waals surface area contributed by atoms with E-state index in [0.717, 1.165) is 27.7 Å². The van der Waals surface area contributed by atoms with Gasteiger partial charge in [0.15, 0.2) is 0 Å². The van der Waals surface area contributed by atoms with Gasteiger partial charge in [-0.1, -0.05) is 37.3 Å². The van der Waals surface area contributed by atoms with Crippen LogP contribution in [0.2, 0.25) is 0 Å². The molecule has 1 atom stereocenters. The number of hydrogen-bond donors (Lipinski definition) is 2. The molecule has 1 amide bonds. The summed E-state index contributed by atoms with van der Waals surface area (Å²) in [5, 5.41) is 3.01. The number of sulfonamides is 1. The SMILES string of the molecule is CCC(NC(=O)C1CCN(S(=O)(=O)c2cc(F)ccc2F)CC1)c1ncc(-c2ccccc2)[nH]1. The standard InChI is InChI=1S/C24H26F2N4O3S/c1-2-20(23-27-15-21(28-23)16-6-4-3-5-7-16)29-24(31)17-10-12-30(13-11-17)34(32,33)22-14-18(25)8-9-19(22)26/h3-9,14-15,17,20H,2,10-13H2,1H3,(H,27,28)(H,29,31). The lowest BCUT2D eigenvalue weighted by Gasteiger charge is -2.31. The van der Waals surface area contributed by atoms with Gasteiger partial charge in [0.2, 0.25) is 15.9 Å². The van der Waals surface area contributed by atoms with E-state index in [4.69, 9.17) is 0 Å². The van der Waals surface area contributed by atoms with Crippen molar-refractivity contribution in [2.45, 2.75) is 37.1 Å². The van der Waals surface area contributed by atoms with Crippen molar-refractivity contribution >= 4 is 15.9 Å². The number of nitrogens with one attached hydrogen (secondary N) is 2. The van der Waals surface area contributed by atoms with E-state index in [-0.39, 0.29) is 43.8 Å². The van der Waals surface area contributed by atoms with Crippen LogP contribution in [0.25, 0.3) is 11.3 Å². The Morgan fingerprint density at radius 3 is 2.56 bits per heavy atom. The van der Waals surface area contributed by atoms with Crippen LogP contribution in [0.4, 0.5) is 8.78 Å². The molecule has 1 aliphatic rings. The molecule has 2 heterocycles. The van der Waals surface area contributed by atoms with Gasteiger partial charge in [-0.15, -0.1) is 0 Å². The molecule has 2 aromatic carbocycles. The second-order valence-corrected chi connectivity index (χ2v) is 10.2. The van der Waals surface area contributed by atoms with Crippen molar-refractivity contribution in [2.24, 2.45) is 5.92 Å². The molecule has 2 N–H and O–H groups in total. The number of nitrogens with zero attached hydrogens (tertiary/aromatic N) is 2. The summed E-state index contributed by atoms with van der Waals surface area (Å²) in [5.74, 6) is -1.75. The number of benzene rings is 2. The first-order valence-electron chi connectivity index (χ1n) is 11.2. The normalized spacial score (nSPS) is 16.3. The summed E-state index contributed by atoms with van der Waals surface area (Å²) in [6.45, 7) is 2.04. The topological polar surface area (TPSA) is 95.2 Å². The van der Waals surface area contributed by atoms with Gasteiger partial charge in [-0.2, -0.15) is 4.31 Å². The fourth-order valence-electron chi connectivity index (χ4n) is 4.10. The second kappa shape index (κ2) is 10.0. The summed E-state index contributed by atoms with van der Waals surface area (Å²) >= 11 is 0. The van der Waals surface area contributed by atoms with E-state index in [1.807, 2.05) is 37.3 Å². The molecule has 0 bridgehead atoms. The molecule has 10 heteroatoms. The Kier molecular flexibility index (Phi) is 7.08. The summed E-state index contributed by atoms with van der Waals surface area (Å²) in [6.07, 6.45) is 2.92. The van der Waals surface area contributed by atoms with E-state index in [1.165, 1.54) is 0 Å². The highest BCUT2D eigenvalue weighted by Gasteiger charge is 2.34. The number of aromatic nitrogens is 2. The van der Waals surface area contributed by atoms with Crippen molar-refractivity contribution in [1.82, 2.24) is 19.6 Å². The fraction of sp³-hybridized carbons (Fsp3) is 0.333. The summed E-state index contributed by atoms with van der Waals surface area (Å²) < 4.78 is 54.2. The monoisotopic (exact) mass is 488 g/mol. The fourth-order valence-corrected chi connectivity index (χ4v) is 5.65. The zero-order chi connectivity index (χ0) is 24.3. The Labute approximate surface area is 197 Å². The van der Waals surface area contributed by atoms with Crippen LogP contribution in [-0.4, -0.2) is 41.7 Å². The average molecular weight is 489 g/mol. The van der Waals surface area contributed by atoms with Crippen LogP contribution in [-0.2, 0) is 14.8 Å². The minimum atomic E-state index is -4.19. The lowest BCUT2D eigenvalue weighted by atomic mass is 9.96. The third-order valence-electron chi connectivity index (χ3n) is 6.07. The van der Waals surface area contributed by atoms with Crippen molar-refractivity contribution in [3.05, 3.63) is 72.2 Å². The molecule has 34 heavy (non-hydrogen) atoms. The van der Waals surface area contributed by atoms with Crippen LogP contribution in [0.1, 0.15) is 38.1 Å². The predicted octanol–water partition coefficient (Wildman–Crippen LogP) is 4.02. The lowest BCUT2D eigenvalue weighted by Crippen LogP contribution is -2.43. The predicted molar refractivity (Wildman–Crippen MR) is 123 cm³/mol. The van der Waals surface area contributed by atoms with E-state index in [1.54, 1.807) is 6.20 Å². The summed E-state index contributed by atoms with van der Waals surface area (Å²) in [7, 11) is -4.19. The zero-order valence-corrected chi connectivity index (χ0v) is 19.5. The smallest absolute Gasteiger partial charge is 0.246 e. The molecule has 1 aromatic heterocycles. The van der Waals surface area contributed by atoms with Crippen LogP contribution < -0.4 is 5.32 Å². The first-order chi connectivity index (χ1) is 16.3. The number of rotatable bonds is 7.